The van der Waals surface area contributed by atoms with Crippen molar-refractivity contribution < 1.29 is 19.2 Å². The number of ether oxygens (including phenoxy) is 1. The summed E-state index contributed by atoms with van der Waals surface area (Å²) < 4.78 is 4.91. The number of hydrogen-bond donors (Lipinski definition) is 2. The largest absolute Gasteiger partial charge is 0.490 e. The summed E-state index contributed by atoms with van der Waals surface area (Å²) in [7, 11) is 1.32. The van der Waals surface area contributed by atoms with E-state index in [4.69, 9.17) is 4.74 Å². The highest BCUT2D eigenvalue weighted by atomic mass is 16.6. The van der Waals surface area contributed by atoms with Crippen molar-refractivity contribution >= 4 is 28.9 Å². The number of benzene rings is 2. The number of hydrogen-bond acceptors (Lipinski definition) is 5. The molecule has 0 radical (unpaired) electrons. The molecule has 0 aliphatic carbocycles. The van der Waals surface area contributed by atoms with Gasteiger partial charge in [0, 0.05) is 29.9 Å². The number of carbonyl (C=O) groups excluding carboxylic acids is 2. The van der Waals surface area contributed by atoms with Crippen LogP contribution >= 0.6 is 0 Å². The second-order valence-corrected chi connectivity index (χ2v) is 5.31. The average Bonchev–Trinajstić information content (AvgIpc) is 2.56. The van der Waals surface area contributed by atoms with E-state index in [9.17, 15) is 19.7 Å². The summed E-state index contributed by atoms with van der Waals surface area (Å²) in [5, 5.41) is 16.4. The van der Waals surface area contributed by atoms with Gasteiger partial charge in [-0.25, -0.2) is 0 Å². The zero-order valence-corrected chi connectivity index (χ0v) is 14.0. The van der Waals surface area contributed by atoms with Crippen LogP contribution in [-0.4, -0.2) is 23.8 Å². The summed E-state index contributed by atoms with van der Waals surface area (Å²) in [6, 6.07) is 8.97. The van der Waals surface area contributed by atoms with Gasteiger partial charge in [-0.05, 0) is 42.8 Å². The van der Waals surface area contributed by atoms with Crippen molar-refractivity contribution in [1.82, 2.24) is 0 Å². The molecule has 2 rings (SSSR count). The fraction of sp³-hybridized carbons (Fsp3) is 0.176. The Hall–Kier alpha value is -3.42. The normalized spacial score (nSPS) is 10.0. The fourth-order valence-electron chi connectivity index (χ4n) is 2.25. The van der Waals surface area contributed by atoms with Crippen molar-refractivity contribution in [3.05, 3.63) is 57.6 Å². The number of rotatable bonds is 5. The topological polar surface area (TPSA) is 111 Å². The molecule has 25 heavy (non-hydrogen) atoms. The number of anilines is 2. The van der Waals surface area contributed by atoms with E-state index in [1.165, 1.54) is 26.2 Å². The quantitative estimate of drug-likeness (QED) is 0.640. The van der Waals surface area contributed by atoms with Gasteiger partial charge in [0.05, 0.1) is 12.0 Å². The minimum atomic E-state index is -0.609. The maximum atomic E-state index is 12.3. The van der Waals surface area contributed by atoms with Crippen LogP contribution in [0.15, 0.2) is 36.4 Å². The number of amides is 2. The molecule has 2 aromatic rings. The Balaban J connectivity index is 2.22. The predicted octanol–water partition coefficient (Wildman–Crippen LogP) is 3.12. The highest BCUT2D eigenvalue weighted by Crippen LogP contribution is 2.28. The molecule has 0 aliphatic rings. The van der Waals surface area contributed by atoms with Crippen LogP contribution in [0.4, 0.5) is 17.1 Å². The van der Waals surface area contributed by atoms with E-state index < -0.39 is 10.8 Å². The summed E-state index contributed by atoms with van der Waals surface area (Å²) in [5.74, 6) is -0.597. The number of methoxy groups -OCH3 is 1. The molecule has 0 bridgehead atoms. The Kier molecular flexibility index (Phi) is 5.33. The van der Waals surface area contributed by atoms with Crippen LogP contribution in [-0.2, 0) is 4.79 Å². The van der Waals surface area contributed by atoms with Crippen molar-refractivity contribution in [2.75, 3.05) is 17.7 Å². The smallest absolute Gasteiger partial charge is 0.311 e. The Morgan fingerprint density at radius 2 is 1.84 bits per heavy atom. The molecular formula is C17H17N3O5. The van der Waals surface area contributed by atoms with Crippen LogP contribution in [0.3, 0.4) is 0 Å². The van der Waals surface area contributed by atoms with E-state index in [2.05, 4.69) is 10.6 Å². The van der Waals surface area contributed by atoms with Gasteiger partial charge < -0.3 is 15.4 Å². The molecule has 0 heterocycles. The monoisotopic (exact) mass is 343 g/mol. The average molecular weight is 343 g/mol. The number of nitrogens with one attached hydrogen (secondary N) is 2. The van der Waals surface area contributed by atoms with Gasteiger partial charge >= 0.3 is 5.69 Å². The first-order valence-corrected chi connectivity index (χ1v) is 7.34. The van der Waals surface area contributed by atoms with Gasteiger partial charge in [-0.15, -0.1) is 0 Å². The van der Waals surface area contributed by atoms with Crippen molar-refractivity contribution in [2.45, 2.75) is 13.8 Å². The molecule has 0 saturated heterocycles. The third-order valence-electron chi connectivity index (χ3n) is 3.43. The zero-order valence-electron chi connectivity index (χ0n) is 14.0. The van der Waals surface area contributed by atoms with Crippen molar-refractivity contribution in [3.63, 3.8) is 0 Å². The standard InChI is InChI=1S/C17H17N3O5/c1-10-8-13(5-6-14(10)18-11(2)21)19-17(22)12-4-7-16(25-3)15(9-12)20(23)24/h4-9H,1-3H3,(H,18,21)(H,19,22). The number of nitro groups is 1. The molecule has 0 aromatic heterocycles. The molecule has 2 N–H and O–H groups in total. The van der Waals surface area contributed by atoms with E-state index in [0.717, 1.165) is 11.6 Å². The lowest BCUT2D eigenvalue weighted by Crippen LogP contribution is -2.13. The summed E-state index contributed by atoms with van der Waals surface area (Å²) in [4.78, 5) is 33.9. The van der Waals surface area contributed by atoms with Crippen LogP contribution in [0, 0.1) is 17.0 Å². The first-order chi connectivity index (χ1) is 11.8. The van der Waals surface area contributed by atoms with Crippen LogP contribution < -0.4 is 15.4 Å². The lowest BCUT2D eigenvalue weighted by molar-refractivity contribution is -0.385. The van der Waals surface area contributed by atoms with Gasteiger partial charge in [0.2, 0.25) is 5.91 Å². The van der Waals surface area contributed by atoms with Gasteiger partial charge in [0.15, 0.2) is 5.75 Å². The molecular weight excluding hydrogens is 326 g/mol. The van der Waals surface area contributed by atoms with Crippen LogP contribution in [0.5, 0.6) is 5.75 Å². The van der Waals surface area contributed by atoms with E-state index in [-0.39, 0.29) is 22.9 Å². The Labute approximate surface area is 144 Å². The fourth-order valence-corrected chi connectivity index (χ4v) is 2.25. The highest BCUT2D eigenvalue weighted by molar-refractivity contribution is 6.05. The maximum absolute atomic E-state index is 12.3. The van der Waals surface area contributed by atoms with E-state index in [1.807, 2.05) is 0 Å². The molecule has 0 saturated carbocycles. The molecule has 0 fully saturated rings. The SMILES string of the molecule is COc1ccc(C(=O)Nc2ccc(NC(C)=O)c(C)c2)cc1[N+](=O)[O-]. The van der Waals surface area contributed by atoms with Gasteiger partial charge in [0.25, 0.3) is 5.91 Å². The Morgan fingerprint density at radius 3 is 2.40 bits per heavy atom. The van der Waals surface area contributed by atoms with Crippen LogP contribution in [0.25, 0.3) is 0 Å². The molecule has 0 atom stereocenters. The molecule has 2 aromatic carbocycles. The summed E-state index contributed by atoms with van der Waals surface area (Å²) in [5.41, 5.74) is 1.78. The van der Waals surface area contributed by atoms with Gasteiger partial charge in [-0.3, -0.25) is 19.7 Å². The van der Waals surface area contributed by atoms with Crippen LogP contribution in [0.2, 0.25) is 0 Å². The molecule has 130 valence electrons. The third kappa shape index (κ3) is 4.31. The Bertz CT molecular complexity index is 848. The second-order valence-electron chi connectivity index (χ2n) is 5.31. The van der Waals surface area contributed by atoms with Crippen molar-refractivity contribution in [3.8, 4) is 5.75 Å². The zero-order chi connectivity index (χ0) is 18.6. The number of aryl methyl sites for hydroxylation is 1. The number of nitro benzene ring substituents is 1. The molecule has 0 spiro atoms. The molecule has 8 nitrogen and oxygen atoms in total. The first-order valence-electron chi connectivity index (χ1n) is 7.34. The highest BCUT2D eigenvalue weighted by Gasteiger charge is 2.18. The van der Waals surface area contributed by atoms with Gasteiger partial charge in [-0.1, -0.05) is 0 Å². The lowest BCUT2D eigenvalue weighted by Gasteiger charge is -2.10. The summed E-state index contributed by atoms with van der Waals surface area (Å²) >= 11 is 0. The number of nitrogens with zero attached hydrogens (tertiary/aromatic N) is 1. The first kappa shape index (κ1) is 17.9. The van der Waals surface area contributed by atoms with Crippen molar-refractivity contribution in [1.29, 1.82) is 0 Å². The summed E-state index contributed by atoms with van der Waals surface area (Å²) in [6.45, 7) is 3.20. The summed E-state index contributed by atoms with van der Waals surface area (Å²) in [6.07, 6.45) is 0. The van der Waals surface area contributed by atoms with E-state index in [1.54, 1.807) is 25.1 Å². The number of carbonyl (C=O) groups is 2. The second kappa shape index (κ2) is 7.43. The van der Waals surface area contributed by atoms with E-state index in [0.29, 0.717) is 11.4 Å². The minimum absolute atomic E-state index is 0.0806. The lowest BCUT2D eigenvalue weighted by atomic mass is 10.1. The van der Waals surface area contributed by atoms with Gasteiger partial charge in [0.1, 0.15) is 0 Å². The molecule has 2 amide bonds. The molecule has 0 unspecified atom stereocenters. The predicted molar refractivity (Wildman–Crippen MR) is 93.1 cm³/mol. The maximum Gasteiger partial charge on any atom is 0.311 e. The van der Waals surface area contributed by atoms with Crippen LogP contribution in [0.1, 0.15) is 22.8 Å². The van der Waals surface area contributed by atoms with Crippen molar-refractivity contribution in [2.24, 2.45) is 0 Å². The third-order valence-corrected chi connectivity index (χ3v) is 3.43. The molecule has 8 heteroatoms. The Morgan fingerprint density at radius 1 is 1.12 bits per heavy atom. The molecule has 0 aliphatic heterocycles. The van der Waals surface area contributed by atoms with E-state index >= 15 is 0 Å². The van der Waals surface area contributed by atoms with Gasteiger partial charge in [-0.2, -0.15) is 0 Å². The minimum Gasteiger partial charge on any atom is -0.490 e.